The highest BCUT2D eigenvalue weighted by atomic mass is 16.5. The molecule has 2 amide bonds. The number of nitrogens with zero attached hydrogens (tertiary/aromatic N) is 3. The summed E-state index contributed by atoms with van der Waals surface area (Å²) in [6, 6.07) is 9.63. The third kappa shape index (κ3) is 3.23. The average molecular weight is 369 g/mol. The van der Waals surface area contributed by atoms with Gasteiger partial charge in [0, 0.05) is 18.8 Å². The number of oxazole rings is 1. The van der Waals surface area contributed by atoms with Crippen molar-refractivity contribution in [3.8, 4) is 0 Å². The van der Waals surface area contributed by atoms with E-state index in [1.807, 2.05) is 30.3 Å². The Labute approximate surface area is 157 Å². The maximum Gasteiger partial charge on any atom is 0.291 e. The van der Waals surface area contributed by atoms with E-state index in [9.17, 15) is 9.59 Å². The summed E-state index contributed by atoms with van der Waals surface area (Å²) in [5.74, 6) is -0.0815. The first-order valence-electron chi connectivity index (χ1n) is 9.31. The van der Waals surface area contributed by atoms with Crippen LogP contribution in [0, 0.1) is 6.92 Å². The fourth-order valence-corrected chi connectivity index (χ4v) is 3.88. The maximum atomic E-state index is 13.5. The predicted octanol–water partition coefficient (Wildman–Crippen LogP) is 2.41. The van der Waals surface area contributed by atoms with E-state index in [0.29, 0.717) is 31.8 Å². The van der Waals surface area contributed by atoms with Crippen LogP contribution < -0.4 is 4.90 Å². The number of aryl methyl sites for hydroxylation is 1. The average Bonchev–Trinajstić information content (AvgIpc) is 3.07. The molecule has 1 unspecified atom stereocenters. The molecule has 7 nitrogen and oxygen atoms in total. The van der Waals surface area contributed by atoms with E-state index in [2.05, 4.69) is 4.98 Å². The van der Waals surface area contributed by atoms with Crippen molar-refractivity contribution in [1.82, 2.24) is 9.88 Å². The van der Waals surface area contributed by atoms with E-state index in [1.165, 1.54) is 6.39 Å². The van der Waals surface area contributed by atoms with E-state index in [1.54, 1.807) is 16.7 Å². The smallest absolute Gasteiger partial charge is 0.291 e. The van der Waals surface area contributed by atoms with Gasteiger partial charge in [-0.3, -0.25) is 9.59 Å². The summed E-state index contributed by atoms with van der Waals surface area (Å²) in [5.41, 5.74) is 0.411. The number of morpholine rings is 1. The molecular weight excluding hydrogens is 346 g/mol. The molecule has 1 atom stereocenters. The van der Waals surface area contributed by atoms with Crippen LogP contribution in [0.5, 0.6) is 0 Å². The number of benzene rings is 1. The van der Waals surface area contributed by atoms with E-state index >= 15 is 0 Å². The standard InChI is InChI=1S/C20H23N3O4/c1-15-17(26-14-21-15)18(24)22-11-12-27-20(13-22)9-5-6-10-23(19(20)25)16-7-3-2-4-8-16/h2-4,7-8,14H,5-6,9-13H2,1H3. The normalized spacial score (nSPS) is 23.5. The van der Waals surface area contributed by atoms with Crippen molar-refractivity contribution in [2.45, 2.75) is 31.8 Å². The summed E-state index contributed by atoms with van der Waals surface area (Å²) in [5, 5.41) is 0. The number of ether oxygens (including phenoxy) is 1. The summed E-state index contributed by atoms with van der Waals surface area (Å²) in [4.78, 5) is 33.8. The quantitative estimate of drug-likeness (QED) is 0.813. The second-order valence-corrected chi connectivity index (χ2v) is 7.09. The van der Waals surface area contributed by atoms with Crippen LogP contribution in [-0.2, 0) is 9.53 Å². The molecule has 2 fully saturated rings. The minimum atomic E-state index is -1.01. The highest BCUT2D eigenvalue weighted by Crippen LogP contribution is 2.32. The molecule has 2 aliphatic rings. The molecule has 4 rings (SSSR count). The predicted molar refractivity (Wildman–Crippen MR) is 98.5 cm³/mol. The van der Waals surface area contributed by atoms with Crippen LogP contribution in [0.25, 0.3) is 0 Å². The van der Waals surface area contributed by atoms with Crippen LogP contribution >= 0.6 is 0 Å². The number of amides is 2. The lowest BCUT2D eigenvalue weighted by atomic mass is 9.93. The summed E-state index contributed by atoms with van der Waals surface area (Å²) in [7, 11) is 0. The van der Waals surface area contributed by atoms with Crippen LogP contribution in [-0.4, -0.2) is 53.5 Å². The number of hydrogen-bond acceptors (Lipinski definition) is 5. The van der Waals surface area contributed by atoms with Crippen molar-refractivity contribution < 1.29 is 18.7 Å². The number of carbonyl (C=O) groups excluding carboxylic acids is 2. The zero-order chi connectivity index (χ0) is 18.9. The molecule has 0 saturated carbocycles. The first-order chi connectivity index (χ1) is 13.1. The number of aromatic nitrogens is 1. The van der Waals surface area contributed by atoms with Gasteiger partial charge in [0.2, 0.25) is 5.76 Å². The van der Waals surface area contributed by atoms with Crippen LogP contribution in [0.4, 0.5) is 5.69 Å². The Morgan fingerprint density at radius 1 is 1.19 bits per heavy atom. The van der Waals surface area contributed by atoms with Gasteiger partial charge >= 0.3 is 0 Å². The van der Waals surface area contributed by atoms with Gasteiger partial charge < -0.3 is 19.0 Å². The summed E-state index contributed by atoms with van der Waals surface area (Å²) < 4.78 is 11.3. The molecule has 142 valence electrons. The van der Waals surface area contributed by atoms with Crippen molar-refractivity contribution in [2.24, 2.45) is 0 Å². The zero-order valence-corrected chi connectivity index (χ0v) is 15.4. The fraction of sp³-hybridized carbons (Fsp3) is 0.450. The number of rotatable bonds is 2. The Morgan fingerprint density at radius 3 is 2.74 bits per heavy atom. The Bertz CT molecular complexity index is 835. The van der Waals surface area contributed by atoms with E-state index in [4.69, 9.17) is 9.15 Å². The number of para-hydroxylation sites is 1. The third-order valence-electron chi connectivity index (χ3n) is 5.33. The highest BCUT2D eigenvalue weighted by molar-refractivity contribution is 6.01. The maximum absolute atomic E-state index is 13.5. The molecule has 0 bridgehead atoms. The first kappa shape index (κ1) is 17.7. The van der Waals surface area contributed by atoms with Crippen molar-refractivity contribution in [1.29, 1.82) is 0 Å². The van der Waals surface area contributed by atoms with Crippen molar-refractivity contribution >= 4 is 17.5 Å². The van der Waals surface area contributed by atoms with Crippen molar-refractivity contribution in [3.63, 3.8) is 0 Å². The molecule has 1 aromatic carbocycles. The second kappa shape index (κ2) is 7.15. The van der Waals surface area contributed by atoms with E-state index in [-0.39, 0.29) is 24.1 Å². The highest BCUT2D eigenvalue weighted by Gasteiger charge is 2.48. The van der Waals surface area contributed by atoms with Gasteiger partial charge in [0.05, 0.1) is 18.8 Å². The van der Waals surface area contributed by atoms with Crippen LogP contribution in [0.3, 0.4) is 0 Å². The van der Waals surface area contributed by atoms with Gasteiger partial charge in [-0.1, -0.05) is 18.2 Å². The van der Waals surface area contributed by atoms with Gasteiger partial charge in [-0.15, -0.1) is 0 Å². The number of carbonyl (C=O) groups is 2. The van der Waals surface area contributed by atoms with Gasteiger partial charge in [-0.05, 0) is 38.3 Å². The fourth-order valence-electron chi connectivity index (χ4n) is 3.88. The van der Waals surface area contributed by atoms with Gasteiger partial charge in [-0.2, -0.15) is 0 Å². The molecule has 0 N–H and O–H groups in total. The summed E-state index contributed by atoms with van der Waals surface area (Å²) >= 11 is 0. The number of hydrogen-bond donors (Lipinski definition) is 0. The summed E-state index contributed by atoms with van der Waals surface area (Å²) in [6.45, 7) is 3.38. The van der Waals surface area contributed by atoms with Crippen LogP contribution in [0.15, 0.2) is 41.1 Å². The van der Waals surface area contributed by atoms with Gasteiger partial charge in [0.25, 0.3) is 11.8 Å². The molecule has 27 heavy (non-hydrogen) atoms. The van der Waals surface area contributed by atoms with E-state index in [0.717, 1.165) is 18.5 Å². The Balaban J connectivity index is 1.61. The topological polar surface area (TPSA) is 75.9 Å². The molecule has 0 radical (unpaired) electrons. The molecule has 1 aromatic heterocycles. The lowest BCUT2D eigenvalue weighted by Gasteiger charge is -2.42. The molecule has 2 aromatic rings. The van der Waals surface area contributed by atoms with Gasteiger partial charge in [0.1, 0.15) is 0 Å². The van der Waals surface area contributed by atoms with Gasteiger partial charge in [-0.25, -0.2) is 4.98 Å². The molecule has 1 spiro atoms. The SMILES string of the molecule is Cc1ncoc1C(=O)N1CCOC2(CCCCN(c3ccccc3)C2=O)C1. The molecular formula is C20H23N3O4. The Morgan fingerprint density at radius 2 is 2.00 bits per heavy atom. The molecule has 7 heteroatoms. The van der Waals surface area contributed by atoms with Crippen molar-refractivity contribution in [3.05, 3.63) is 48.2 Å². The van der Waals surface area contributed by atoms with Crippen LogP contribution in [0.2, 0.25) is 0 Å². The van der Waals surface area contributed by atoms with E-state index < -0.39 is 5.60 Å². The molecule has 3 heterocycles. The minimum Gasteiger partial charge on any atom is -0.438 e. The third-order valence-corrected chi connectivity index (χ3v) is 5.33. The van der Waals surface area contributed by atoms with Crippen molar-refractivity contribution in [2.75, 3.05) is 31.1 Å². The largest absolute Gasteiger partial charge is 0.438 e. The zero-order valence-electron chi connectivity index (χ0n) is 15.4. The lowest BCUT2D eigenvalue weighted by molar-refractivity contribution is -0.155. The second-order valence-electron chi connectivity index (χ2n) is 7.09. The minimum absolute atomic E-state index is 0.0713. The monoisotopic (exact) mass is 369 g/mol. The summed E-state index contributed by atoms with van der Waals surface area (Å²) in [6.07, 6.45) is 3.65. The Hall–Kier alpha value is -2.67. The van der Waals surface area contributed by atoms with Gasteiger partial charge in [0.15, 0.2) is 12.0 Å². The Kier molecular flexibility index (Phi) is 4.70. The molecule has 2 aliphatic heterocycles. The lowest BCUT2D eigenvalue weighted by Crippen LogP contribution is -2.61. The molecule has 2 saturated heterocycles. The number of anilines is 1. The van der Waals surface area contributed by atoms with Crippen LogP contribution in [0.1, 0.15) is 35.5 Å². The molecule has 0 aliphatic carbocycles. The first-order valence-corrected chi connectivity index (χ1v) is 9.31.